The lowest BCUT2D eigenvalue weighted by Gasteiger charge is -2.24. The van der Waals surface area contributed by atoms with E-state index in [1.54, 1.807) is 4.90 Å². The fraction of sp³-hybridized carbons (Fsp3) is 0.591. The molecule has 410 valence electrons. The van der Waals surface area contributed by atoms with Crippen molar-refractivity contribution in [1.82, 2.24) is 49.8 Å². The Labute approximate surface area is 422 Å². The number of unbranched alkanes of at least 4 members (excludes halogenated alkanes) is 2. The van der Waals surface area contributed by atoms with Gasteiger partial charge in [0.25, 0.3) is 0 Å². The Hall–Kier alpha value is -8.02. The van der Waals surface area contributed by atoms with Gasteiger partial charge in [-0.1, -0.05) is 19.8 Å². The van der Waals surface area contributed by atoms with Gasteiger partial charge in [0, 0.05) is 50.1 Å². The first-order valence-corrected chi connectivity index (χ1v) is 23.4. The van der Waals surface area contributed by atoms with Crippen molar-refractivity contribution < 1.29 is 93.3 Å². The summed E-state index contributed by atoms with van der Waals surface area (Å²) < 4.78 is 2.75. The Kier molecular flexibility index (Phi) is 27.0. The van der Waals surface area contributed by atoms with Crippen LogP contribution in [0, 0.1) is 5.92 Å². The molecule has 0 fully saturated rings. The zero-order valence-corrected chi connectivity index (χ0v) is 40.7. The van der Waals surface area contributed by atoms with Gasteiger partial charge < -0.3 is 76.4 Å². The molecule has 1 unspecified atom stereocenters. The quantitative estimate of drug-likeness (QED) is 0.0333. The number of Topliss-reactive ketones (excluding diaryl/α,β-unsaturated/α-hetero) is 1. The molecule has 5 amide bonds. The SMILES string of the molecule is CCCC(N)C(=O)C[C@H](CCCCN(Cc1nccn1CC(=O)N(CC(=O)O)CC(=O)O)Cc1nccn1CC(=O)N(CC(=O)O)CC(=O)O)C(=O)NCCCC[C@H](NC(=O)N[C@@H](CCC(=O)O)C(=O)O)C(=O)O. The van der Waals surface area contributed by atoms with Crippen molar-refractivity contribution in [1.29, 1.82) is 0 Å². The normalized spacial score (nSPS) is 12.6. The summed E-state index contributed by atoms with van der Waals surface area (Å²) in [6.07, 6.45) is 6.39. The summed E-state index contributed by atoms with van der Waals surface area (Å²) in [7, 11) is 0. The largest absolute Gasteiger partial charge is 0.481 e. The van der Waals surface area contributed by atoms with E-state index in [2.05, 4.69) is 20.6 Å². The summed E-state index contributed by atoms with van der Waals surface area (Å²) in [5.74, 6) is -12.9. The maximum absolute atomic E-state index is 13.6. The maximum atomic E-state index is 13.6. The number of nitrogens with one attached hydrogen (secondary N) is 3. The molecule has 4 atom stereocenters. The molecule has 2 aromatic heterocycles. The van der Waals surface area contributed by atoms with Gasteiger partial charge in [0.15, 0.2) is 0 Å². The third-order valence-corrected chi connectivity index (χ3v) is 11.1. The number of nitrogens with two attached hydrogens (primary N) is 1. The van der Waals surface area contributed by atoms with E-state index in [1.165, 1.54) is 33.9 Å². The zero-order chi connectivity index (χ0) is 55.5. The highest BCUT2D eigenvalue weighted by Crippen LogP contribution is 2.18. The third kappa shape index (κ3) is 23.9. The van der Waals surface area contributed by atoms with Crippen LogP contribution in [0.15, 0.2) is 24.8 Å². The number of nitrogens with zero attached hydrogens (tertiary/aromatic N) is 7. The van der Waals surface area contributed by atoms with E-state index < -0.39 is 142 Å². The molecular weight excluding hydrogens is 987 g/mol. The van der Waals surface area contributed by atoms with Crippen LogP contribution < -0.4 is 21.7 Å². The lowest BCUT2D eigenvalue weighted by Crippen LogP contribution is -2.51. The average molecular weight is 1050 g/mol. The Bertz CT molecular complexity index is 2160. The zero-order valence-electron chi connectivity index (χ0n) is 40.7. The van der Waals surface area contributed by atoms with E-state index in [1.807, 2.05) is 12.2 Å². The summed E-state index contributed by atoms with van der Waals surface area (Å²) in [5.41, 5.74) is 6.11. The number of carbonyl (C=O) groups is 12. The molecule has 0 spiro atoms. The highest BCUT2D eigenvalue weighted by atomic mass is 16.4. The number of imidazole rings is 2. The molecular formula is C44H65N11O19. The summed E-state index contributed by atoms with van der Waals surface area (Å²) in [5, 5.41) is 71.9. The molecule has 2 aromatic rings. The van der Waals surface area contributed by atoms with E-state index in [9.17, 15) is 88.2 Å². The van der Waals surface area contributed by atoms with Crippen molar-refractivity contribution in [2.75, 3.05) is 39.3 Å². The van der Waals surface area contributed by atoms with Crippen molar-refractivity contribution in [2.24, 2.45) is 11.7 Å². The Morgan fingerprint density at radius 1 is 0.608 bits per heavy atom. The molecule has 0 radical (unpaired) electrons. The number of urea groups is 1. The molecule has 0 bridgehead atoms. The lowest BCUT2D eigenvalue weighted by atomic mass is 9.91. The molecule has 0 aliphatic rings. The van der Waals surface area contributed by atoms with Crippen molar-refractivity contribution in [3.8, 4) is 0 Å². The second-order valence-electron chi connectivity index (χ2n) is 17.1. The van der Waals surface area contributed by atoms with Gasteiger partial charge in [-0.15, -0.1) is 0 Å². The van der Waals surface area contributed by atoms with Crippen molar-refractivity contribution in [3.05, 3.63) is 36.4 Å². The lowest BCUT2D eigenvalue weighted by molar-refractivity contribution is -0.150. The third-order valence-electron chi connectivity index (χ3n) is 11.1. The Morgan fingerprint density at radius 2 is 1.07 bits per heavy atom. The molecule has 0 aliphatic carbocycles. The second-order valence-corrected chi connectivity index (χ2v) is 17.1. The molecule has 0 aromatic carbocycles. The highest BCUT2D eigenvalue weighted by molar-refractivity contribution is 5.90. The first-order valence-electron chi connectivity index (χ1n) is 23.4. The average Bonchev–Trinajstić information content (AvgIpc) is 3.94. The minimum absolute atomic E-state index is 0.0318. The van der Waals surface area contributed by atoms with Crippen molar-refractivity contribution in [2.45, 2.75) is 122 Å². The van der Waals surface area contributed by atoms with Gasteiger partial charge in [-0.3, -0.25) is 48.1 Å². The first-order chi connectivity index (χ1) is 34.9. The van der Waals surface area contributed by atoms with E-state index in [0.29, 0.717) is 35.5 Å². The standard InChI is InChI=1S/C44H65N11O19/c1-2-7-28(45)31(56)18-27(41(69)48-12-5-3-9-29(42(70)71)49-44(74)50-30(43(72)73)10-11-36(59)60)8-4-6-15-51(19-32-46-13-16-52(32)21-34(57)54(23-37(61)62)24-38(63)64)20-33-47-14-17-53(33)22-35(58)55(25-39(65)66)26-40(67)68/h13-14,16-17,27-30H,2-12,15,18-26,45H2,1H3,(H,48,69)(H,59,60)(H,61,62)(H,63,64)(H,65,66)(H,67,68)(H,70,71)(H,72,73)(H2,49,50,74)/t27-,28?,29-,30-/m0/s1. The smallest absolute Gasteiger partial charge is 0.326 e. The van der Waals surface area contributed by atoms with E-state index in [-0.39, 0.29) is 75.7 Å². The number of rotatable bonds is 39. The van der Waals surface area contributed by atoms with Gasteiger partial charge >= 0.3 is 47.8 Å². The van der Waals surface area contributed by atoms with E-state index in [0.717, 1.165) is 0 Å². The van der Waals surface area contributed by atoms with Crippen LogP contribution in [0.2, 0.25) is 0 Å². The van der Waals surface area contributed by atoms with Gasteiger partial charge in [0.05, 0.1) is 19.1 Å². The number of carboxylic acid groups (broad SMARTS) is 7. The van der Waals surface area contributed by atoms with Gasteiger partial charge in [-0.2, -0.15) is 0 Å². The summed E-state index contributed by atoms with van der Waals surface area (Å²) in [6, 6.07) is -5.04. The Balaban J connectivity index is 2.27. The summed E-state index contributed by atoms with van der Waals surface area (Å²) in [4.78, 5) is 157. The molecule has 74 heavy (non-hydrogen) atoms. The van der Waals surface area contributed by atoms with Crippen LogP contribution in [-0.2, 0) is 78.9 Å². The van der Waals surface area contributed by atoms with Crippen LogP contribution in [0.3, 0.4) is 0 Å². The summed E-state index contributed by atoms with van der Waals surface area (Å²) >= 11 is 0. The fourth-order valence-electron chi connectivity index (χ4n) is 7.38. The van der Waals surface area contributed by atoms with E-state index >= 15 is 0 Å². The maximum Gasteiger partial charge on any atom is 0.326 e. The minimum Gasteiger partial charge on any atom is -0.481 e. The van der Waals surface area contributed by atoms with Gasteiger partial charge in [0.2, 0.25) is 17.7 Å². The number of hydrogen-bond donors (Lipinski definition) is 11. The molecule has 2 heterocycles. The number of ketones is 1. The predicted octanol–water partition coefficient (Wildman–Crippen LogP) is -1.69. The predicted molar refractivity (Wildman–Crippen MR) is 250 cm³/mol. The van der Waals surface area contributed by atoms with Gasteiger partial charge in [0.1, 0.15) is 68.8 Å². The van der Waals surface area contributed by atoms with Crippen LogP contribution in [0.5, 0.6) is 0 Å². The molecule has 0 saturated carbocycles. The topological polar surface area (TPSA) is 454 Å². The van der Waals surface area contributed by atoms with Gasteiger partial charge in [-0.25, -0.2) is 24.4 Å². The van der Waals surface area contributed by atoms with Crippen LogP contribution in [0.25, 0.3) is 0 Å². The molecule has 30 heteroatoms. The summed E-state index contributed by atoms with van der Waals surface area (Å²) in [6.45, 7) is -2.53. The highest BCUT2D eigenvalue weighted by Gasteiger charge is 2.28. The van der Waals surface area contributed by atoms with Crippen LogP contribution >= 0.6 is 0 Å². The van der Waals surface area contributed by atoms with Gasteiger partial charge in [-0.05, 0) is 51.5 Å². The Morgan fingerprint density at radius 3 is 1.50 bits per heavy atom. The van der Waals surface area contributed by atoms with E-state index in [4.69, 9.17) is 10.8 Å². The minimum atomic E-state index is -1.59. The van der Waals surface area contributed by atoms with Crippen molar-refractivity contribution >= 4 is 71.3 Å². The molecule has 30 nitrogen and oxygen atoms in total. The number of aliphatic carboxylic acids is 7. The number of amides is 5. The second kappa shape index (κ2) is 32.1. The van der Waals surface area contributed by atoms with Crippen LogP contribution in [0.4, 0.5) is 4.79 Å². The molecule has 0 saturated heterocycles. The number of aromatic nitrogens is 4. The number of hydrogen-bond acceptors (Lipinski definition) is 16. The first kappa shape index (κ1) is 62.1. The van der Waals surface area contributed by atoms with Crippen molar-refractivity contribution in [3.63, 3.8) is 0 Å². The monoisotopic (exact) mass is 1050 g/mol. The van der Waals surface area contributed by atoms with Crippen LogP contribution in [0.1, 0.15) is 89.2 Å². The number of carbonyl (C=O) groups excluding carboxylic acids is 5. The fourth-order valence-corrected chi connectivity index (χ4v) is 7.38. The number of carboxylic acids is 7. The molecule has 12 N–H and O–H groups in total. The molecule has 0 aliphatic heterocycles. The molecule has 2 rings (SSSR count). The van der Waals surface area contributed by atoms with Crippen LogP contribution in [-0.4, -0.2) is 198 Å².